The molecule has 1 aromatic carbocycles. The van der Waals surface area contributed by atoms with E-state index in [-0.39, 0.29) is 18.0 Å². The quantitative estimate of drug-likeness (QED) is 0.770. The van der Waals surface area contributed by atoms with Gasteiger partial charge in [-0.05, 0) is 58.0 Å². The number of carbonyl (C=O) groups is 2. The van der Waals surface area contributed by atoms with Crippen LogP contribution in [0.5, 0.6) is 0 Å². The molecule has 0 aromatic heterocycles. The van der Waals surface area contributed by atoms with Crippen molar-refractivity contribution in [1.82, 2.24) is 19.8 Å². The van der Waals surface area contributed by atoms with Crippen LogP contribution in [-0.2, 0) is 14.8 Å². The molecule has 0 saturated carbocycles. The summed E-state index contributed by atoms with van der Waals surface area (Å²) in [5.74, 6) is -0.945. The molecule has 1 aliphatic heterocycles. The Morgan fingerprint density at radius 3 is 2.32 bits per heavy atom. The molecule has 1 saturated heterocycles. The fourth-order valence-electron chi connectivity index (χ4n) is 2.84. The van der Waals surface area contributed by atoms with Gasteiger partial charge in [-0.1, -0.05) is 0 Å². The Morgan fingerprint density at radius 1 is 1.07 bits per heavy atom. The number of urea groups is 1. The summed E-state index contributed by atoms with van der Waals surface area (Å²) in [6.45, 7) is 6.83. The highest BCUT2D eigenvalue weighted by molar-refractivity contribution is 7.89. The smallest absolute Gasteiger partial charge is 0.321 e. The van der Waals surface area contributed by atoms with Crippen molar-refractivity contribution < 1.29 is 22.4 Å². The van der Waals surface area contributed by atoms with E-state index in [4.69, 9.17) is 0 Å². The summed E-state index contributed by atoms with van der Waals surface area (Å²) < 4.78 is 39.8. The first-order valence-electron chi connectivity index (χ1n) is 9.07. The van der Waals surface area contributed by atoms with Crippen LogP contribution in [-0.4, -0.2) is 67.8 Å². The molecule has 1 fully saturated rings. The Hall–Kier alpha value is -2.04. The van der Waals surface area contributed by atoms with Crippen LogP contribution in [0.3, 0.4) is 0 Å². The maximum Gasteiger partial charge on any atom is 0.321 e. The Kier molecular flexibility index (Phi) is 7.13. The average molecular weight is 415 g/mol. The van der Waals surface area contributed by atoms with E-state index in [1.807, 2.05) is 20.8 Å². The zero-order chi connectivity index (χ0) is 20.9. The van der Waals surface area contributed by atoms with Gasteiger partial charge in [0.15, 0.2) is 0 Å². The predicted molar refractivity (Wildman–Crippen MR) is 103 cm³/mol. The number of carbonyl (C=O) groups excluding carboxylic acids is 2. The molecule has 0 aliphatic carbocycles. The molecule has 0 radical (unpaired) electrons. The molecule has 1 aliphatic rings. The molecule has 1 heterocycles. The number of halogens is 1. The molecular formula is C18H27FN4O4S. The second-order valence-electron chi connectivity index (χ2n) is 7.74. The van der Waals surface area contributed by atoms with E-state index in [1.165, 1.54) is 16.4 Å². The lowest BCUT2D eigenvalue weighted by atomic mass is 10.1. The van der Waals surface area contributed by atoms with E-state index in [0.29, 0.717) is 26.1 Å². The summed E-state index contributed by atoms with van der Waals surface area (Å²) in [4.78, 5) is 25.7. The highest BCUT2D eigenvalue weighted by atomic mass is 32.2. The largest absolute Gasteiger partial charge is 0.333 e. The Balaban J connectivity index is 1.91. The highest BCUT2D eigenvalue weighted by Gasteiger charge is 2.27. The van der Waals surface area contributed by atoms with Gasteiger partial charge in [0.1, 0.15) is 5.82 Å². The summed E-state index contributed by atoms with van der Waals surface area (Å²) in [5.41, 5.74) is -0.456. The predicted octanol–water partition coefficient (Wildman–Crippen LogP) is 1.15. The third kappa shape index (κ3) is 6.54. The lowest BCUT2D eigenvalue weighted by Gasteiger charge is -2.22. The molecule has 0 atom stereocenters. The number of benzene rings is 1. The van der Waals surface area contributed by atoms with E-state index < -0.39 is 33.3 Å². The minimum atomic E-state index is -3.72. The third-order valence-corrected chi connectivity index (χ3v) is 6.02. The van der Waals surface area contributed by atoms with E-state index in [2.05, 4.69) is 10.6 Å². The van der Waals surface area contributed by atoms with Crippen molar-refractivity contribution in [2.45, 2.75) is 37.6 Å². The van der Waals surface area contributed by atoms with Crippen molar-refractivity contribution in [3.05, 3.63) is 30.1 Å². The lowest BCUT2D eigenvalue weighted by molar-refractivity contribution is -0.121. The van der Waals surface area contributed by atoms with Crippen LogP contribution in [0.15, 0.2) is 29.2 Å². The number of hydrogen-bond acceptors (Lipinski definition) is 5. The summed E-state index contributed by atoms with van der Waals surface area (Å²) in [7, 11) is -3.72. The lowest BCUT2D eigenvalue weighted by Crippen LogP contribution is -2.50. The topological polar surface area (TPSA) is 98.8 Å². The minimum absolute atomic E-state index is 0.00198. The number of hydrogen-bond donors (Lipinski definition) is 2. The number of amides is 3. The summed E-state index contributed by atoms with van der Waals surface area (Å²) >= 11 is 0. The number of rotatable bonds is 4. The second-order valence-corrected chi connectivity index (χ2v) is 9.68. The van der Waals surface area contributed by atoms with Gasteiger partial charge in [0, 0.05) is 25.2 Å². The van der Waals surface area contributed by atoms with Crippen LogP contribution in [0, 0.1) is 5.82 Å². The third-order valence-electron chi connectivity index (χ3n) is 4.11. The van der Waals surface area contributed by atoms with Crippen molar-refractivity contribution >= 4 is 22.0 Å². The summed E-state index contributed by atoms with van der Waals surface area (Å²) in [5, 5.41) is 4.92. The van der Waals surface area contributed by atoms with Gasteiger partial charge in [0.2, 0.25) is 15.9 Å². The number of nitrogens with one attached hydrogen (secondary N) is 2. The van der Waals surface area contributed by atoms with Crippen LogP contribution in [0.25, 0.3) is 0 Å². The number of imide groups is 1. The van der Waals surface area contributed by atoms with E-state index in [1.54, 1.807) is 4.90 Å². The molecule has 10 heteroatoms. The van der Waals surface area contributed by atoms with Crippen LogP contribution in [0.4, 0.5) is 9.18 Å². The van der Waals surface area contributed by atoms with Crippen LogP contribution < -0.4 is 10.6 Å². The molecule has 28 heavy (non-hydrogen) atoms. The molecule has 3 amide bonds. The Bertz CT molecular complexity index is 806. The van der Waals surface area contributed by atoms with Crippen molar-refractivity contribution in [2.24, 2.45) is 0 Å². The second kappa shape index (κ2) is 8.97. The molecular weight excluding hydrogens is 387 g/mol. The standard InChI is InChI=1S/C18H27FN4O4S/c1-18(2,3)21-17(25)20-16(24)13-22-9-4-10-23(12-11-22)28(26,27)15-7-5-14(19)6-8-15/h5-8H,4,9-13H2,1-3H3,(H2,20,21,24,25). The van der Waals surface area contributed by atoms with Gasteiger partial charge in [-0.2, -0.15) is 4.31 Å². The molecule has 1 aromatic rings. The van der Waals surface area contributed by atoms with Crippen molar-refractivity contribution in [3.63, 3.8) is 0 Å². The fraction of sp³-hybridized carbons (Fsp3) is 0.556. The first-order valence-corrected chi connectivity index (χ1v) is 10.5. The molecule has 156 valence electrons. The van der Waals surface area contributed by atoms with Crippen molar-refractivity contribution in [3.8, 4) is 0 Å². The monoisotopic (exact) mass is 414 g/mol. The summed E-state index contributed by atoms with van der Waals surface area (Å²) in [6, 6.07) is 4.16. The number of nitrogens with zero attached hydrogens (tertiary/aromatic N) is 2. The molecule has 0 bridgehead atoms. The average Bonchev–Trinajstić information content (AvgIpc) is 2.79. The maximum absolute atomic E-state index is 13.1. The van der Waals surface area contributed by atoms with Gasteiger partial charge in [0.05, 0.1) is 11.4 Å². The normalized spacial score (nSPS) is 17.0. The molecule has 2 rings (SSSR count). The number of sulfonamides is 1. The van der Waals surface area contributed by atoms with Crippen LogP contribution in [0.2, 0.25) is 0 Å². The molecule has 2 N–H and O–H groups in total. The van der Waals surface area contributed by atoms with Gasteiger partial charge in [-0.3, -0.25) is 15.0 Å². The summed E-state index contributed by atoms with van der Waals surface area (Å²) in [6.07, 6.45) is 0.544. The fourth-order valence-corrected chi connectivity index (χ4v) is 4.31. The first kappa shape index (κ1) is 22.3. The SMILES string of the molecule is CC(C)(C)NC(=O)NC(=O)CN1CCCN(S(=O)(=O)c2ccc(F)cc2)CC1. The minimum Gasteiger partial charge on any atom is -0.333 e. The van der Waals surface area contributed by atoms with Gasteiger partial charge < -0.3 is 5.32 Å². The zero-order valence-corrected chi connectivity index (χ0v) is 17.2. The van der Waals surface area contributed by atoms with Crippen molar-refractivity contribution in [2.75, 3.05) is 32.7 Å². The Morgan fingerprint density at radius 2 is 1.71 bits per heavy atom. The van der Waals surface area contributed by atoms with Gasteiger partial charge in [-0.25, -0.2) is 17.6 Å². The van der Waals surface area contributed by atoms with Gasteiger partial charge >= 0.3 is 6.03 Å². The highest BCUT2D eigenvalue weighted by Crippen LogP contribution is 2.18. The maximum atomic E-state index is 13.1. The van der Waals surface area contributed by atoms with Crippen LogP contribution in [0.1, 0.15) is 27.2 Å². The van der Waals surface area contributed by atoms with Crippen molar-refractivity contribution in [1.29, 1.82) is 0 Å². The first-order chi connectivity index (χ1) is 13.0. The van der Waals surface area contributed by atoms with E-state index >= 15 is 0 Å². The zero-order valence-electron chi connectivity index (χ0n) is 16.4. The van der Waals surface area contributed by atoms with Crippen LogP contribution >= 0.6 is 0 Å². The van der Waals surface area contributed by atoms with E-state index in [0.717, 1.165) is 12.1 Å². The Labute approximate surface area is 165 Å². The molecule has 0 unspecified atom stereocenters. The molecule has 8 nitrogen and oxygen atoms in total. The van der Waals surface area contributed by atoms with Gasteiger partial charge in [-0.15, -0.1) is 0 Å². The van der Waals surface area contributed by atoms with E-state index in [9.17, 15) is 22.4 Å². The van der Waals surface area contributed by atoms with Gasteiger partial charge in [0.25, 0.3) is 0 Å². The molecule has 0 spiro atoms.